The second kappa shape index (κ2) is 6.42. The standard InChI is InChI=1S/C10H16N4O2S.ClH/c1-14(9-3-2-4-11-7-9)17(15,16)10-8-12-5-6-13-10;/h5-6,8-9,11H,2-4,7H2,1H3;1H. The molecule has 1 saturated heterocycles. The molecule has 0 amide bonds. The van der Waals surface area contributed by atoms with Gasteiger partial charge in [-0.2, -0.15) is 4.31 Å². The Balaban J connectivity index is 0.00000162. The minimum absolute atomic E-state index is 0. The first-order chi connectivity index (χ1) is 8.12. The Bertz CT molecular complexity index is 462. The van der Waals surface area contributed by atoms with E-state index in [2.05, 4.69) is 15.3 Å². The molecule has 2 heterocycles. The molecule has 1 aromatic heterocycles. The third-order valence-electron chi connectivity index (χ3n) is 2.97. The highest BCUT2D eigenvalue weighted by atomic mass is 35.5. The molecule has 1 aliphatic heterocycles. The van der Waals surface area contributed by atoms with Gasteiger partial charge in [0.25, 0.3) is 10.0 Å². The summed E-state index contributed by atoms with van der Waals surface area (Å²) in [5.41, 5.74) is 0. The van der Waals surface area contributed by atoms with Gasteiger partial charge in [0.15, 0.2) is 5.03 Å². The molecule has 8 heteroatoms. The van der Waals surface area contributed by atoms with Gasteiger partial charge in [-0.05, 0) is 19.4 Å². The Morgan fingerprint density at radius 2 is 2.22 bits per heavy atom. The summed E-state index contributed by atoms with van der Waals surface area (Å²) >= 11 is 0. The van der Waals surface area contributed by atoms with Gasteiger partial charge in [0, 0.05) is 32.0 Å². The topological polar surface area (TPSA) is 75.2 Å². The van der Waals surface area contributed by atoms with Crippen LogP contribution in [0.2, 0.25) is 0 Å². The average Bonchev–Trinajstić information content (AvgIpc) is 2.40. The summed E-state index contributed by atoms with van der Waals surface area (Å²) in [6.07, 6.45) is 6.00. The van der Waals surface area contributed by atoms with Gasteiger partial charge in [-0.15, -0.1) is 12.4 Å². The molecule has 1 N–H and O–H groups in total. The largest absolute Gasteiger partial charge is 0.315 e. The van der Waals surface area contributed by atoms with Crippen molar-refractivity contribution in [3.8, 4) is 0 Å². The second-order valence-corrected chi connectivity index (χ2v) is 6.01. The van der Waals surface area contributed by atoms with Gasteiger partial charge in [0.05, 0.1) is 6.20 Å². The van der Waals surface area contributed by atoms with Crippen LogP contribution in [0.5, 0.6) is 0 Å². The van der Waals surface area contributed by atoms with E-state index in [4.69, 9.17) is 0 Å². The third-order valence-corrected chi connectivity index (χ3v) is 4.76. The third kappa shape index (κ3) is 3.17. The van der Waals surface area contributed by atoms with Crippen LogP contribution in [0.4, 0.5) is 0 Å². The molecule has 0 aliphatic carbocycles. The fraction of sp³-hybridized carbons (Fsp3) is 0.600. The van der Waals surface area contributed by atoms with Gasteiger partial charge in [-0.1, -0.05) is 0 Å². The molecular weight excluding hydrogens is 276 g/mol. The first-order valence-electron chi connectivity index (χ1n) is 5.57. The summed E-state index contributed by atoms with van der Waals surface area (Å²) in [5.74, 6) is 0. The predicted octanol–water partition coefficient (Wildman–Crippen LogP) is 0.271. The van der Waals surface area contributed by atoms with Crippen molar-refractivity contribution in [2.75, 3.05) is 20.1 Å². The molecule has 1 unspecified atom stereocenters. The van der Waals surface area contributed by atoms with Crippen LogP contribution in [0.3, 0.4) is 0 Å². The molecule has 102 valence electrons. The number of sulfonamides is 1. The molecular formula is C10H17ClN4O2S. The van der Waals surface area contributed by atoms with Crippen LogP contribution >= 0.6 is 12.4 Å². The van der Waals surface area contributed by atoms with E-state index in [1.165, 1.54) is 22.9 Å². The number of aromatic nitrogens is 2. The van der Waals surface area contributed by atoms with E-state index in [1.54, 1.807) is 7.05 Å². The first kappa shape index (κ1) is 15.3. The number of hydrogen-bond acceptors (Lipinski definition) is 5. The van der Waals surface area contributed by atoms with Crippen LogP contribution < -0.4 is 5.32 Å². The van der Waals surface area contributed by atoms with E-state index in [9.17, 15) is 8.42 Å². The Hall–Kier alpha value is -0.760. The predicted molar refractivity (Wildman–Crippen MR) is 70.1 cm³/mol. The summed E-state index contributed by atoms with van der Waals surface area (Å²) in [5, 5.41) is 3.20. The first-order valence-corrected chi connectivity index (χ1v) is 7.01. The van der Waals surface area contributed by atoms with E-state index < -0.39 is 10.0 Å². The molecule has 1 fully saturated rings. The molecule has 1 atom stereocenters. The highest BCUT2D eigenvalue weighted by molar-refractivity contribution is 7.89. The van der Waals surface area contributed by atoms with Gasteiger partial charge in [-0.3, -0.25) is 4.98 Å². The van der Waals surface area contributed by atoms with Crippen LogP contribution in [0.15, 0.2) is 23.6 Å². The second-order valence-electron chi connectivity index (χ2n) is 4.07. The Kier molecular flexibility index (Phi) is 5.46. The maximum absolute atomic E-state index is 12.2. The van der Waals surface area contributed by atoms with Crippen molar-refractivity contribution in [3.63, 3.8) is 0 Å². The number of hydrogen-bond donors (Lipinski definition) is 1. The van der Waals surface area contributed by atoms with Crippen molar-refractivity contribution in [3.05, 3.63) is 18.6 Å². The molecule has 2 rings (SSSR count). The maximum Gasteiger partial charge on any atom is 0.262 e. The summed E-state index contributed by atoms with van der Waals surface area (Å²) in [6, 6.07) is -0.00393. The smallest absolute Gasteiger partial charge is 0.262 e. The quantitative estimate of drug-likeness (QED) is 0.865. The molecule has 1 aliphatic rings. The normalized spacial score (nSPS) is 20.4. The highest BCUT2D eigenvalue weighted by Crippen LogP contribution is 2.17. The van der Waals surface area contributed by atoms with E-state index in [1.807, 2.05) is 0 Å². The molecule has 0 aromatic carbocycles. The summed E-state index contributed by atoms with van der Waals surface area (Å²) in [7, 11) is -1.92. The Labute approximate surface area is 113 Å². The van der Waals surface area contributed by atoms with Crippen molar-refractivity contribution in [2.24, 2.45) is 0 Å². The molecule has 1 aromatic rings. The van der Waals surface area contributed by atoms with E-state index >= 15 is 0 Å². The van der Waals surface area contributed by atoms with Crippen molar-refractivity contribution in [1.82, 2.24) is 19.6 Å². The van der Waals surface area contributed by atoms with Crippen LogP contribution in [0.25, 0.3) is 0 Å². The minimum atomic E-state index is -3.52. The molecule has 6 nitrogen and oxygen atoms in total. The van der Waals surface area contributed by atoms with Crippen LogP contribution in [-0.2, 0) is 10.0 Å². The lowest BCUT2D eigenvalue weighted by Crippen LogP contribution is -2.46. The molecule has 0 spiro atoms. The van der Waals surface area contributed by atoms with Gasteiger partial charge in [-0.25, -0.2) is 13.4 Å². The SMILES string of the molecule is CN(C1CCCNC1)S(=O)(=O)c1cnccn1.Cl. The lowest BCUT2D eigenvalue weighted by Gasteiger charge is -2.30. The molecule has 0 saturated carbocycles. The van der Waals surface area contributed by atoms with Gasteiger partial charge >= 0.3 is 0 Å². The van der Waals surface area contributed by atoms with E-state index in [0.29, 0.717) is 6.54 Å². The monoisotopic (exact) mass is 292 g/mol. The minimum Gasteiger partial charge on any atom is -0.315 e. The lowest BCUT2D eigenvalue weighted by molar-refractivity contribution is 0.299. The number of nitrogens with zero attached hydrogens (tertiary/aromatic N) is 3. The van der Waals surface area contributed by atoms with Crippen molar-refractivity contribution >= 4 is 22.4 Å². The van der Waals surface area contributed by atoms with Gasteiger partial charge < -0.3 is 5.32 Å². The number of rotatable bonds is 3. The zero-order valence-corrected chi connectivity index (χ0v) is 11.7. The Morgan fingerprint density at radius 3 is 2.78 bits per heavy atom. The number of piperidine rings is 1. The van der Waals surface area contributed by atoms with Crippen molar-refractivity contribution in [1.29, 1.82) is 0 Å². The van der Waals surface area contributed by atoms with Crippen molar-refractivity contribution < 1.29 is 8.42 Å². The van der Waals surface area contributed by atoms with Crippen LogP contribution in [-0.4, -0.2) is 48.9 Å². The summed E-state index contributed by atoms with van der Waals surface area (Å²) in [6.45, 7) is 1.64. The highest BCUT2D eigenvalue weighted by Gasteiger charge is 2.29. The molecule has 18 heavy (non-hydrogen) atoms. The summed E-state index contributed by atoms with van der Waals surface area (Å²) < 4.78 is 25.8. The number of nitrogens with one attached hydrogen (secondary N) is 1. The molecule has 0 radical (unpaired) electrons. The zero-order chi connectivity index (χ0) is 12.3. The number of halogens is 1. The average molecular weight is 293 g/mol. The van der Waals surface area contributed by atoms with Crippen molar-refractivity contribution in [2.45, 2.75) is 23.9 Å². The fourth-order valence-corrected chi connectivity index (χ4v) is 3.16. The fourth-order valence-electron chi connectivity index (χ4n) is 1.91. The van der Waals surface area contributed by atoms with Crippen LogP contribution in [0.1, 0.15) is 12.8 Å². The van der Waals surface area contributed by atoms with E-state index in [-0.39, 0.29) is 23.5 Å². The van der Waals surface area contributed by atoms with Gasteiger partial charge in [0.1, 0.15) is 0 Å². The Morgan fingerprint density at radius 1 is 1.44 bits per heavy atom. The number of likely N-dealkylation sites (N-methyl/N-ethyl adjacent to an activating group) is 1. The van der Waals surface area contributed by atoms with Gasteiger partial charge in [0.2, 0.25) is 0 Å². The lowest BCUT2D eigenvalue weighted by atomic mass is 10.1. The summed E-state index contributed by atoms with van der Waals surface area (Å²) in [4.78, 5) is 7.65. The maximum atomic E-state index is 12.2. The zero-order valence-electron chi connectivity index (χ0n) is 10.1. The molecule has 0 bridgehead atoms. The van der Waals surface area contributed by atoms with Crippen LogP contribution in [0, 0.1) is 0 Å². The van der Waals surface area contributed by atoms with E-state index in [0.717, 1.165) is 19.4 Å².